The number of aromatic nitrogens is 1. The van der Waals surface area contributed by atoms with Crippen molar-refractivity contribution in [1.82, 2.24) is 9.71 Å². The summed E-state index contributed by atoms with van der Waals surface area (Å²) in [6.07, 6.45) is 3.48. The number of oxazole rings is 1. The van der Waals surface area contributed by atoms with Gasteiger partial charge in [0.25, 0.3) is 0 Å². The Labute approximate surface area is 187 Å². The van der Waals surface area contributed by atoms with Crippen molar-refractivity contribution in [3.8, 4) is 17.2 Å². The van der Waals surface area contributed by atoms with Crippen molar-refractivity contribution in [3.05, 3.63) is 60.0 Å². The Hall–Kier alpha value is -3.17. The summed E-state index contributed by atoms with van der Waals surface area (Å²) < 4.78 is 38.8. The second kappa shape index (κ2) is 9.13. The molecule has 0 spiro atoms. The van der Waals surface area contributed by atoms with Crippen LogP contribution in [0.25, 0.3) is 11.5 Å². The minimum Gasteiger partial charge on any atom is -0.497 e. The molecule has 8 nitrogen and oxygen atoms in total. The molecule has 32 heavy (non-hydrogen) atoms. The molecular formula is C23H25N3O5S. The molecule has 2 heterocycles. The highest BCUT2D eigenvalue weighted by molar-refractivity contribution is 7.89. The molecule has 1 N–H and O–H groups in total. The molecule has 0 saturated heterocycles. The summed E-state index contributed by atoms with van der Waals surface area (Å²) in [5.41, 5.74) is 3.12. The summed E-state index contributed by atoms with van der Waals surface area (Å²) >= 11 is 0. The summed E-state index contributed by atoms with van der Waals surface area (Å²) in [4.78, 5) is 18.1. The first kappa shape index (κ1) is 22.0. The predicted octanol–water partition coefficient (Wildman–Crippen LogP) is 3.17. The lowest BCUT2D eigenvalue weighted by molar-refractivity contribution is -0.116. The smallest absolute Gasteiger partial charge is 0.240 e. The maximum Gasteiger partial charge on any atom is 0.240 e. The monoisotopic (exact) mass is 455 g/mol. The van der Waals surface area contributed by atoms with Crippen molar-refractivity contribution in [2.24, 2.45) is 0 Å². The minimum atomic E-state index is -3.68. The summed E-state index contributed by atoms with van der Waals surface area (Å²) in [7, 11) is -2.08. The van der Waals surface area contributed by atoms with Gasteiger partial charge in [0.05, 0.1) is 17.7 Å². The molecule has 2 aromatic carbocycles. The Kier molecular flexibility index (Phi) is 6.29. The molecule has 0 aliphatic carbocycles. The largest absolute Gasteiger partial charge is 0.497 e. The topological polar surface area (TPSA) is 102 Å². The van der Waals surface area contributed by atoms with Crippen LogP contribution in [0.2, 0.25) is 0 Å². The van der Waals surface area contributed by atoms with Gasteiger partial charge in [0.1, 0.15) is 12.0 Å². The third-order valence-electron chi connectivity index (χ3n) is 5.42. The summed E-state index contributed by atoms with van der Waals surface area (Å²) in [6, 6.07) is 12.2. The maximum atomic E-state index is 12.8. The van der Waals surface area contributed by atoms with E-state index in [0.29, 0.717) is 24.6 Å². The highest BCUT2D eigenvalue weighted by Gasteiger charge is 2.23. The third-order valence-corrected chi connectivity index (χ3v) is 6.88. The zero-order valence-corrected chi connectivity index (χ0v) is 18.8. The second-order valence-corrected chi connectivity index (χ2v) is 9.35. The summed E-state index contributed by atoms with van der Waals surface area (Å²) in [6.45, 7) is 2.36. The van der Waals surface area contributed by atoms with Crippen LogP contribution in [0.4, 0.5) is 5.69 Å². The molecule has 3 aromatic rings. The summed E-state index contributed by atoms with van der Waals surface area (Å²) in [5, 5.41) is 0. The van der Waals surface area contributed by atoms with Crippen LogP contribution in [0, 0.1) is 0 Å². The third kappa shape index (κ3) is 4.68. The average molecular weight is 456 g/mol. The number of rotatable bonds is 7. The number of carbonyl (C=O) groups excluding carboxylic acids is 1. The van der Waals surface area contributed by atoms with E-state index >= 15 is 0 Å². The van der Waals surface area contributed by atoms with Crippen LogP contribution in [0.3, 0.4) is 0 Å². The van der Waals surface area contributed by atoms with Crippen LogP contribution >= 0.6 is 0 Å². The number of methoxy groups -OCH3 is 1. The Bertz CT molecular complexity index is 1220. The van der Waals surface area contributed by atoms with Crippen LogP contribution in [0.1, 0.15) is 24.6 Å². The van der Waals surface area contributed by atoms with E-state index in [-0.39, 0.29) is 17.3 Å². The van der Waals surface area contributed by atoms with Crippen LogP contribution in [-0.2, 0) is 27.7 Å². The lowest BCUT2D eigenvalue weighted by Gasteiger charge is -2.28. The molecule has 0 saturated carbocycles. The number of hydrogen-bond donors (Lipinski definition) is 1. The van der Waals surface area contributed by atoms with Gasteiger partial charge in [0, 0.05) is 37.7 Å². The highest BCUT2D eigenvalue weighted by Crippen LogP contribution is 2.29. The number of amides is 1. The standard InChI is InChI=1S/C23H25N3O5S/c1-16(27)26-13-3-4-18-14-21(9-10-22(18)26)32(28,29)24-12-11-19-15-31-23(25-19)17-5-7-20(30-2)8-6-17/h5-10,14-15,24H,3-4,11-13H2,1-2H3. The number of hydrogen-bond acceptors (Lipinski definition) is 6. The lowest BCUT2D eigenvalue weighted by Crippen LogP contribution is -2.33. The van der Waals surface area contributed by atoms with E-state index in [0.717, 1.165) is 35.4 Å². The second-order valence-electron chi connectivity index (χ2n) is 7.58. The number of aryl methyl sites for hydroxylation is 1. The minimum absolute atomic E-state index is 0.0405. The molecule has 0 fully saturated rings. The number of nitrogens with one attached hydrogen (secondary N) is 1. The van der Waals surface area contributed by atoms with Gasteiger partial charge < -0.3 is 14.1 Å². The predicted molar refractivity (Wildman–Crippen MR) is 120 cm³/mol. The number of nitrogens with zero attached hydrogens (tertiary/aromatic N) is 2. The molecule has 1 amide bonds. The zero-order valence-electron chi connectivity index (χ0n) is 18.0. The number of sulfonamides is 1. The van der Waals surface area contributed by atoms with E-state index < -0.39 is 10.0 Å². The van der Waals surface area contributed by atoms with Gasteiger partial charge in [-0.15, -0.1) is 0 Å². The fourth-order valence-electron chi connectivity index (χ4n) is 3.75. The van der Waals surface area contributed by atoms with Gasteiger partial charge in [-0.05, 0) is 60.9 Å². The van der Waals surface area contributed by atoms with Crippen LogP contribution < -0.4 is 14.4 Å². The van der Waals surface area contributed by atoms with Crippen LogP contribution in [-0.4, -0.2) is 39.5 Å². The summed E-state index contributed by atoms with van der Waals surface area (Å²) in [5.74, 6) is 1.17. The number of fused-ring (bicyclic) bond motifs is 1. The fourth-order valence-corrected chi connectivity index (χ4v) is 4.83. The van der Waals surface area contributed by atoms with Crippen LogP contribution in [0.5, 0.6) is 5.75 Å². The van der Waals surface area contributed by atoms with Gasteiger partial charge in [-0.3, -0.25) is 4.79 Å². The van der Waals surface area contributed by atoms with E-state index in [4.69, 9.17) is 9.15 Å². The maximum absolute atomic E-state index is 12.8. The van der Waals surface area contributed by atoms with Gasteiger partial charge >= 0.3 is 0 Å². The molecule has 0 bridgehead atoms. The molecule has 1 aromatic heterocycles. The molecular weight excluding hydrogens is 430 g/mol. The molecule has 9 heteroatoms. The molecule has 0 atom stereocenters. The van der Waals surface area contributed by atoms with Crippen molar-refractivity contribution >= 4 is 21.6 Å². The van der Waals surface area contributed by atoms with Gasteiger partial charge in [-0.1, -0.05) is 0 Å². The van der Waals surface area contributed by atoms with E-state index in [2.05, 4.69) is 9.71 Å². The van der Waals surface area contributed by atoms with Gasteiger partial charge in [0.2, 0.25) is 21.8 Å². The molecule has 0 radical (unpaired) electrons. The molecule has 168 valence electrons. The molecule has 1 aliphatic rings. The number of ether oxygens (including phenoxy) is 1. The Morgan fingerprint density at radius 3 is 2.72 bits per heavy atom. The van der Waals surface area contributed by atoms with E-state index in [1.807, 2.05) is 24.3 Å². The Morgan fingerprint density at radius 2 is 2.00 bits per heavy atom. The number of carbonyl (C=O) groups is 1. The quantitative estimate of drug-likeness (QED) is 0.587. The molecule has 1 aliphatic heterocycles. The van der Waals surface area contributed by atoms with Crippen molar-refractivity contribution < 1.29 is 22.4 Å². The Balaban J connectivity index is 1.40. The van der Waals surface area contributed by atoms with Crippen molar-refractivity contribution in [2.45, 2.75) is 31.1 Å². The van der Waals surface area contributed by atoms with E-state index in [1.165, 1.54) is 13.2 Å². The van der Waals surface area contributed by atoms with Gasteiger partial charge in [-0.2, -0.15) is 0 Å². The first-order valence-corrected chi connectivity index (χ1v) is 11.9. The highest BCUT2D eigenvalue weighted by atomic mass is 32.2. The van der Waals surface area contributed by atoms with Gasteiger partial charge in [0.15, 0.2) is 0 Å². The fraction of sp³-hybridized carbons (Fsp3) is 0.304. The molecule has 4 rings (SSSR count). The SMILES string of the molecule is COc1ccc(-c2nc(CCNS(=O)(=O)c3ccc4c(c3)CCCN4C(C)=O)co2)cc1. The van der Waals surface area contributed by atoms with Crippen molar-refractivity contribution in [3.63, 3.8) is 0 Å². The van der Waals surface area contributed by atoms with Crippen LogP contribution in [0.15, 0.2) is 58.0 Å². The zero-order chi connectivity index (χ0) is 22.7. The van der Waals surface area contributed by atoms with Crippen molar-refractivity contribution in [1.29, 1.82) is 0 Å². The van der Waals surface area contributed by atoms with Crippen molar-refractivity contribution in [2.75, 3.05) is 25.1 Å². The van der Waals surface area contributed by atoms with E-state index in [1.54, 1.807) is 30.2 Å². The normalized spacial score (nSPS) is 13.6. The molecule has 0 unspecified atom stereocenters. The first-order chi connectivity index (χ1) is 15.4. The number of benzene rings is 2. The van der Waals surface area contributed by atoms with E-state index in [9.17, 15) is 13.2 Å². The van der Waals surface area contributed by atoms with Gasteiger partial charge in [-0.25, -0.2) is 18.1 Å². The first-order valence-electron chi connectivity index (χ1n) is 10.4. The lowest BCUT2D eigenvalue weighted by atomic mass is 10.0. The average Bonchev–Trinajstić information content (AvgIpc) is 3.27. The number of anilines is 1. The Morgan fingerprint density at radius 1 is 1.22 bits per heavy atom.